The SMILES string of the molecule is COP(C)(=O)NCCCNc1nonc1C(=Nc1ccc(F)c(Cl)c1)NO. The fourth-order valence-corrected chi connectivity index (χ4v) is 2.78. The zero-order chi connectivity index (χ0) is 19.9. The largest absolute Gasteiger partial charge is 0.365 e. The zero-order valence-corrected chi connectivity index (χ0v) is 16.2. The molecule has 13 heteroatoms. The predicted octanol–water partition coefficient (Wildman–Crippen LogP) is 2.78. The molecule has 0 saturated carbocycles. The van der Waals surface area contributed by atoms with Crippen LogP contribution in [0.3, 0.4) is 0 Å². The first-order chi connectivity index (χ1) is 12.9. The number of hydrogen-bond donors (Lipinski definition) is 4. The Morgan fingerprint density at radius 1 is 1.44 bits per heavy atom. The molecule has 148 valence electrons. The summed E-state index contributed by atoms with van der Waals surface area (Å²) in [5, 5.41) is 22.4. The van der Waals surface area contributed by atoms with Gasteiger partial charge in [0.15, 0.2) is 11.5 Å². The second kappa shape index (κ2) is 9.77. The number of hydroxylamine groups is 1. The monoisotopic (exact) mass is 420 g/mol. The predicted molar refractivity (Wildman–Crippen MR) is 98.5 cm³/mol. The fraction of sp³-hybridized carbons (Fsp3) is 0.357. The van der Waals surface area contributed by atoms with E-state index < -0.39 is 13.3 Å². The molecule has 1 unspecified atom stereocenters. The highest BCUT2D eigenvalue weighted by Crippen LogP contribution is 2.35. The first kappa shape index (κ1) is 21.3. The van der Waals surface area contributed by atoms with Crippen LogP contribution in [-0.4, -0.2) is 48.2 Å². The van der Waals surface area contributed by atoms with Gasteiger partial charge in [0.2, 0.25) is 5.82 Å². The molecule has 0 fully saturated rings. The van der Waals surface area contributed by atoms with Gasteiger partial charge in [0.1, 0.15) is 5.82 Å². The second-order valence-electron chi connectivity index (χ2n) is 5.35. The minimum Gasteiger partial charge on any atom is -0.365 e. The van der Waals surface area contributed by atoms with Crippen molar-refractivity contribution in [1.29, 1.82) is 0 Å². The lowest BCUT2D eigenvalue weighted by atomic mass is 10.3. The van der Waals surface area contributed by atoms with E-state index in [4.69, 9.17) is 16.1 Å². The van der Waals surface area contributed by atoms with Crippen molar-refractivity contribution >= 4 is 36.5 Å². The molecule has 0 radical (unpaired) electrons. The van der Waals surface area contributed by atoms with Crippen LogP contribution in [0.4, 0.5) is 15.9 Å². The Morgan fingerprint density at radius 2 is 2.22 bits per heavy atom. The molecule has 0 spiro atoms. The first-order valence-corrected chi connectivity index (χ1v) is 10.2. The normalized spacial score (nSPS) is 14.0. The van der Waals surface area contributed by atoms with E-state index in [-0.39, 0.29) is 28.1 Å². The summed E-state index contributed by atoms with van der Waals surface area (Å²) in [5.74, 6) is -0.426. The summed E-state index contributed by atoms with van der Waals surface area (Å²) in [6, 6.07) is 3.82. The third-order valence-electron chi connectivity index (χ3n) is 3.36. The Bertz CT molecular complexity index is 849. The van der Waals surface area contributed by atoms with Crippen molar-refractivity contribution in [3.8, 4) is 0 Å². The zero-order valence-electron chi connectivity index (χ0n) is 14.6. The summed E-state index contributed by atoms with van der Waals surface area (Å²) in [5.41, 5.74) is 2.30. The molecule has 4 N–H and O–H groups in total. The van der Waals surface area contributed by atoms with Gasteiger partial charge >= 0.3 is 0 Å². The number of amidine groups is 1. The Labute approximate surface area is 159 Å². The first-order valence-electron chi connectivity index (χ1n) is 7.75. The van der Waals surface area contributed by atoms with Crippen LogP contribution in [0.15, 0.2) is 27.8 Å². The smallest absolute Gasteiger partial charge is 0.266 e. The van der Waals surface area contributed by atoms with E-state index >= 15 is 0 Å². The minimum absolute atomic E-state index is 0.0722. The number of nitrogens with zero attached hydrogens (tertiary/aromatic N) is 3. The van der Waals surface area contributed by atoms with E-state index in [0.29, 0.717) is 19.5 Å². The number of rotatable bonds is 9. The quantitative estimate of drug-likeness (QED) is 0.159. The van der Waals surface area contributed by atoms with Crippen molar-refractivity contribution in [2.24, 2.45) is 4.99 Å². The molecule has 1 aromatic heterocycles. The summed E-state index contributed by atoms with van der Waals surface area (Å²) in [6.45, 7) is 2.37. The lowest BCUT2D eigenvalue weighted by molar-refractivity contribution is 0.234. The van der Waals surface area contributed by atoms with Crippen LogP contribution < -0.4 is 15.9 Å². The molecule has 2 aromatic rings. The number of halogens is 2. The third kappa shape index (κ3) is 6.26. The molecule has 0 bridgehead atoms. The van der Waals surface area contributed by atoms with Crippen molar-refractivity contribution in [2.75, 3.05) is 32.2 Å². The van der Waals surface area contributed by atoms with Gasteiger partial charge in [0.25, 0.3) is 7.52 Å². The van der Waals surface area contributed by atoms with Gasteiger partial charge in [-0.2, -0.15) is 0 Å². The van der Waals surface area contributed by atoms with Gasteiger partial charge in [-0.3, -0.25) is 15.3 Å². The number of anilines is 1. The van der Waals surface area contributed by atoms with Crippen LogP contribution in [0.5, 0.6) is 0 Å². The number of nitrogens with one attached hydrogen (secondary N) is 3. The summed E-state index contributed by atoms with van der Waals surface area (Å²) in [4.78, 5) is 4.11. The van der Waals surface area contributed by atoms with Crippen molar-refractivity contribution in [3.05, 3.63) is 34.7 Å². The molecule has 1 atom stereocenters. The van der Waals surface area contributed by atoms with Crippen LogP contribution in [0, 0.1) is 5.82 Å². The molecule has 1 aromatic carbocycles. The summed E-state index contributed by atoms with van der Waals surface area (Å²) in [7, 11) is -1.40. The topological polar surface area (TPSA) is 134 Å². The molecular weight excluding hydrogens is 402 g/mol. The van der Waals surface area contributed by atoms with Crippen LogP contribution >= 0.6 is 19.1 Å². The maximum atomic E-state index is 13.2. The molecule has 27 heavy (non-hydrogen) atoms. The van der Waals surface area contributed by atoms with Gasteiger partial charge in [-0.05, 0) is 34.9 Å². The molecule has 0 saturated heterocycles. The standard InChI is InChI=1S/C14H19ClFN6O4P/c1-25-27(2,24)18-7-3-6-17-13-12(21-26-22-13)14(20-23)19-9-4-5-11(16)10(15)8-9/h4-5,8,23H,3,6-7H2,1-2H3,(H,17,22)(H,18,24)(H,19,20). The van der Waals surface area contributed by atoms with E-state index in [1.165, 1.54) is 25.9 Å². The molecule has 2 rings (SSSR count). The van der Waals surface area contributed by atoms with Crippen LogP contribution in [0.2, 0.25) is 5.02 Å². The summed E-state index contributed by atoms with van der Waals surface area (Å²) < 4.78 is 34.4. The maximum absolute atomic E-state index is 13.2. The van der Waals surface area contributed by atoms with Gasteiger partial charge < -0.3 is 9.84 Å². The van der Waals surface area contributed by atoms with E-state index in [9.17, 15) is 14.2 Å². The Balaban J connectivity index is 2.02. The van der Waals surface area contributed by atoms with E-state index in [2.05, 4.69) is 30.3 Å². The van der Waals surface area contributed by atoms with Gasteiger partial charge in [0.05, 0.1) is 10.7 Å². The summed E-state index contributed by atoms with van der Waals surface area (Å²) in [6.07, 6.45) is 0.597. The van der Waals surface area contributed by atoms with Gasteiger partial charge in [0, 0.05) is 26.9 Å². The molecule has 0 aliphatic carbocycles. The van der Waals surface area contributed by atoms with Gasteiger partial charge in [-0.1, -0.05) is 11.6 Å². The average molecular weight is 421 g/mol. The second-order valence-corrected chi connectivity index (χ2v) is 8.13. The third-order valence-corrected chi connectivity index (χ3v) is 5.14. The van der Waals surface area contributed by atoms with Crippen molar-refractivity contribution in [3.63, 3.8) is 0 Å². The van der Waals surface area contributed by atoms with Crippen LogP contribution in [0.25, 0.3) is 0 Å². The lowest BCUT2D eigenvalue weighted by Crippen LogP contribution is -2.22. The molecular formula is C14H19ClFN6O4P. The molecule has 10 nitrogen and oxygen atoms in total. The highest BCUT2D eigenvalue weighted by atomic mass is 35.5. The van der Waals surface area contributed by atoms with Crippen LogP contribution in [-0.2, 0) is 9.09 Å². The minimum atomic E-state index is -2.77. The number of benzene rings is 1. The molecule has 0 amide bonds. The summed E-state index contributed by atoms with van der Waals surface area (Å²) >= 11 is 5.72. The van der Waals surface area contributed by atoms with Crippen LogP contribution in [0.1, 0.15) is 12.1 Å². The Kier molecular flexibility index (Phi) is 7.69. The highest BCUT2D eigenvalue weighted by molar-refractivity contribution is 7.55. The van der Waals surface area contributed by atoms with E-state index in [1.54, 1.807) is 0 Å². The number of aromatic nitrogens is 2. The number of aliphatic imine (C=N–C) groups is 1. The van der Waals surface area contributed by atoms with E-state index in [1.807, 2.05) is 5.48 Å². The maximum Gasteiger partial charge on any atom is 0.266 e. The van der Waals surface area contributed by atoms with E-state index in [0.717, 1.165) is 6.07 Å². The molecule has 0 aliphatic heterocycles. The lowest BCUT2D eigenvalue weighted by Gasteiger charge is -2.12. The van der Waals surface area contributed by atoms with Crippen molar-refractivity contribution in [1.82, 2.24) is 20.9 Å². The van der Waals surface area contributed by atoms with Crippen molar-refractivity contribution in [2.45, 2.75) is 6.42 Å². The molecule has 1 heterocycles. The van der Waals surface area contributed by atoms with Crippen molar-refractivity contribution < 1.29 is 23.3 Å². The highest BCUT2D eigenvalue weighted by Gasteiger charge is 2.17. The average Bonchev–Trinajstić information content (AvgIpc) is 3.10. The Hall–Kier alpha value is -2.04. The number of hydrogen-bond acceptors (Lipinski definition) is 8. The molecule has 0 aliphatic rings. The fourth-order valence-electron chi connectivity index (χ4n) is 1.92. The van der Waals surface area contributed by atoms with Gasteiger partial charge in [-0.25, -0.2) is 19.1 Å². The Morgan fingerprint density at radius 3 is 2.89 bits per heavy atom. The van der Waals surface area contributed by atoms with Gasteiger partial charge in [-0.15, -0.1) is 0 Å².